The molecule has 0 aliphatic carbocycles. The van der Waals surface area contributed by atoms with Crippen molar-refractivity contribution >= 4 is 0 Å². The van der Waals surface area contributed by atoms with E-state index >= 15 is 0 Å². The standard InChI is InChI=1S/C16H23N3O/c1-13-4-5-14(2)15(10-13)12-19-8-6-16(18-19)11-17-7-9-20-3/h4-6,8,10,17H,7,9,11-12H2,1-3H3. The molecule has 2 aromatic rings. The van der Waals surface area contributed by atoms with E-state index in [0.717, 1.165) is 31.9 Å². The van der Waals surface area contributed by atoms with E-state index in [4.69, 9.17) is 4.74 Å². The van der Waals surface area contributed by atoms with Gasteiger partial charge in [0.05, 0.1) is 18.8 Å². The summed E-state index contributed by atoms with van der Waals surface area (Å²) in [5, 5.41) is 7.89. The molecule has 0 aliphatic rings. The minimum absolute atomic E-state index is 0.725. The number of benzene rings is 1. The van der Waals surface area contributed by atoms with E-state index in [1.54, 1.807) is 7.11 Å². The first-order valence-electron chi connectivity index (χ1n) is 6.97. The first-order chi connectivity index (χ1) is 9.69. The Balaban J connectivity index is 1.93. The van der Waals surface area contributed by atoms with Gasteiger partial charge < -0.3 is 10.1 Å². The van der Waals surface area contributed by atoms with Crippen LogP contribution in [0.2, 0.25) is 0 Å². The maximum absolute atomic E-state index is 5.00. The Labute approximate surface area is 120 Å². The molecule has 108 valence electrons. The Bertz CT molecular complexity index is 548. The summed E-state index contributed by atoms with van der Waals surface area (Å²) in [7, 11) is 1.71. The van der Waals surface area contributed by atoms with Crippen LogP contribution in [-0.2, 0) is 17.8 Å². The van der Waals surface area contributed by atoms with Crippen molar-refractivity contribution in [2.75, 3.05) is 20.3 Å². The van der Waals surface area contributed by atoms with Crippen LogP contribution in [0.3, 0.4) is 0 Å². The molecule has 1 heterocycles. The molecule has 20 heavy (non-hydrogen) atoms. The van der Waals surface area contributed by atoms with Crippen molar-refractivity contribution in [2.45, 2.75) is 26.9 Å². The summed E-state index contributed by atoms with van der Waals surface area (Å²) < 4.78 is 7.00. The van der Waals surface area contributed by atoms with Gasteiger partial charge in [-0.15, -0.1) is 0 Å². The van der Waals surface area contributed by atoms with Crippen LogP contribution in [0.25, 0.3) is 0 Å². The number of nitrogens with one attached hydrogen (secondary N) is 1. The summed E-state index contributed by atoms with van der Waals surface area (Å²) in [5.74, 6) is 0. The second-order valence-electron chi connectivity index (χ2n) is 5.10. The van der Waals surface area contributed by atoms with Crippen molar-refractivity contribution in [1.82, 2.24) is 15.1 Å². The van der Waals surface area contributed by atoms with Gasteiger partial charge in [-0.25, -0.2) is 0 Å². The van der Waals surface area contributed by atoms with Crippen LogP contribution in [-0.4, -0.2) is 30.0 Å². The van der Waals surface area contributed by atoms with Gasteiger partial charge in [0.1, 0.15) is 0 Å². The summed E-state index contributed by atoms with van der Waals surface area (Å²) in [6.45, 7) is 7.45. The van der Waals surface area contributed by atoms with E-state index in [0.29, 0.717) is 0 Å². The second-order valence-corrected chi connectivity index (χ2v) is 5.10. The van der Waals surface area contributed by atoms with E-state index in [-0.39, 0.29) is 0 Å². The molecule has 1 aromatic heterocycles. The van der Waals surface area contributed by atoms with E-state index in [1.807, 2.05) is 10.9 Å². The predicted molar refractivity (Wildman–Crippen MR) is 80.8 cm³/mol. The summed E-state index contributed by atoms with van der Waals surface area (Å²) in [5.41, 5.74) is 4.99. The minimum atomic E-state index is 0.725. The second kappa shape index (κ2) is 7.22. The Morgan fingerprint density at radius 1 is 1.25 bits per heavy atom. The number of aromatic nitrogens is 2. The zero-order valence-corrected chi connectivity index (χ0v) is 12.5. The maximum Gasteiger partial charge on any atom is 0.0762 e. The lowest BCUT2D eigenvalue weighted by Crippen LogP contribution is -2.19. The number of methoxy groups -OCH3 is 1. The molecule has 0 saturated heterocycles. The van der Waals surface area contributed by atoms with Gasteiger partial charge in [0, 0.05) is 26.4 Å². The molecular weight excluding hydrogens is 250 g/mol. The van der Waals surface area contributed by atoms with Gasteiger partial charge in [-0.05, 0) is 31.0 Å². The zero-order chi connectivity index (χ0) is 14.4. The minimum Gasteiger partial charge on any atom is -0.383 e. The molecule has 1 N–H and O–H groups in total. The number of ether oxygens (including phenoxy) is 1. The molecule has 1 aromatic carbocycles. The summed E-state index contributed by atoms with van der Waals surface area (Å²) in [4.78, 5) is 0. The van der Waals surface area contributed by atoms with Gasteiger partial charge in [-0.1, -0.05) is 23.8 Å². The summed E-state index contributed by atoms with van der Waals surface area (Å²) >= 11 is 0. The van der Waals surface area contributed by atoms with E-state index in [9.17, 15) is 0 Å². The smallest absolute Gasteiger partial charge is 0.0762 e. The molecule has 0 aliphatic heterocycles. The molecule has 0 unspecified atom stereocenters. The number of hydrogen-bond acceptors (Lipinski definition) is 3. The monoisotopic (exact) mass is 273 g/mol. The average molecular weight is 273 g/mol. The van der Waals surface area contributed by atoms with Gasteiger partial charge in [0.2, 0.25) is 0 Å². The molecule has 0 atom stereocenters. The van der Waals surface area contributed by atoms with Gasteiger partial charge in [-0.2, -0.15) is 5.10 Å². The molecule has 0 radical (unpaired) electrons. The lowest BCUT2D eigenvalue weighted by molar-refractivity contribution is 0.199. The van der Waals surface area contributed by atoms with Crippen LogP contribution in [0.4, 0.5) is 0 Å². The van der Waals surface area contributed by atoms with Crippen LogP contribution in [0.5, 0.6) is 0 Å². The Hall–Kier alpha value is -1.65. The highest BCUT2D eigenvalue weighted by atomic mass is 16.5. The summed E-state index contributed by atoms with van der Waals surface area (Å²) in [6, 6.07) is 8.60. The first kappa shape index (κ1) is 14.8. The predicted octanol–water partition coefficient (Wildman–Crippen LogP) is 2.28. The van der Waals surface area contributed by atoms with Gasteiger partial charge in [0.15, 0.2) is 0 Å². The van der Waals surface area contributed by atoms with Crippen LogP contribution < -0.4 is 5.32 Å². The lowest BCUT2D eigenvalue weighted by atomic mass is 10.1. The van der Waals surface area contributed by atoms with Crippen molar-refractivity contribution < 1.29 is 4.74 Å². The van der Waals surface area contributed by atoms with Crippen molar-refractivity contribution in [3.8, 4) is 0 Å². The van der Waals surface area contributed by atoms with Gasteiger partial charge >= 0.3 is 0 Å². The van der Waals surface area contributed by atoms with Gasteiger partial charge in [0.25, 0.3) is 0 Å². The summed E-state index contributed by atoms with van der Waals surface area (Å²) in [6.07, 6.45) is 2.04. The quantitative estimate of drug-likeness (QED) is 0.787. The number of rotatable bonds is 7. The molecular formula is C16H23N3O. The molecule has 0 amide bonds. The van der Waals surface area contributed by atoms with Crippen LogP contribution >= 0.6 is 0 Å². The first-order valence-corrected chi connectivity index (χ1v) is 6.97. The Kier molecular flexibility index (Phi) is 5.32. The van der Waals surface area contributed by atoms with Gasteiger partial charge in [-0.3, -0.25) is 4.68 Å². The molecule has 0 fully saturated rings. The zero-order valence-electron chi connectivity index (χ0n) is 12.5. The highest BCUT2D eigenvalue weighted by Gasteiger charge is 2.03. The molecule has 4 nitrogen and oxygen atoms in total. The van der Waals surface area contributed by atoms with E-state index < -0.39 is 0 Å². The third kappa shape index (κ3) is 4.18. The average Bonchev–Trinajstić information content (AvgIpc) is 2.87. The van der Waals surface area contributed by atoms with E-state index in [2.05, 4.69) is 48.5 Å². The lowest BCUT2D eigenvalue weighted by Gasteiger charge is -2.07. The fraction of sp³-hybridized carbons (Fsp3) is 0.438. The molecule has 0 saturated carbocycles. The normalized spacial score (nSPS) is 10.9. The third-order valence-corrected chi connectivity index (χ3v) is 3.32. The SMILES string of the molecule is COCCNCc1ccn(Cc2cc(C)ccc2C)n1. The molecule has 0 spiro atoms. The fourth-order valence-electron chi connectivity index (χ4n) is 2.12. The van der Waals surface area contributed by atoms with E-state index in [1.165, 1.54) is 16.7 Å². The van der Waals surface area contributed by atoms with Crippen molar-refractivity contribution in [2.24, 2.45) is 0 Å². The molecule has 4 heteroatoms. The Morgan fingerprint density at radius 2 is 2.10 bits per heavy atom. The highest BCUT2D eigenvalue weighted by Crippen LogP contribution is 2.12. The van der Waals surface area contributed by atoms with Crippen molar-refractivity contribution in [3.63, 3.8) is 0 Å². The van der Waals surface area contributed by atoms with Crippen molar-refractivity contribution in [3.05, 3.63) is 52.8 Å². The topological polar surface area (TPSA) is 39.1 Å². The van der Waals surface area contributed by atoms with Crippen LogP contribution in [0, 0.1) is 13.8 Å². The molecule has 2 rings (SSSR count). The third-order valence-electron chi connectivity index (χ3n) is 3.32. The van der Waals surface area contributed by atoms with Crippen LogP contribution in [0.1, 0.15) is 22.4 Å². The number of nitrogens with zero attached hydrogens (tertiary/aromatic N) is 2. The van der Waals surface area contributed by atoms with Crippen molar-refractivity contribution in [1.29, 1.82) is 0 Å². The molecule has 0 bridgehead atoms. The highest BCUT2D eigenvalue weighted by molar-refractivity contribution is 5.30. The Morgan fingerprint density at radius 3 is 2.90 bits per heavy atom. The maximum atomic E-state index is 5.00. The number of aryl methyl sites for hydroxylation is 2. The van der Waals surface area contributed by atoms with Crippen LogP contribution in [0.15, 0.2) is 30.5 Å². The fourth-order valence-corrected chi connectivity index (χ4v) is 2.12. The largest absolute Gasteiger partial charge is 0.383 e. The number of hydrogen-bond donors (Lipinski definition) is 1.